The molecule has 4 rings (SSSR count). The zero-order valence-corrected chi connectivity index (χ0v) is 19.9. The number of aromatic nitrogens is 2. The quantitative estimate of drug-likeness (QED) is 0.602. The summed E-state index contributed by atoms with van der Waals surface area (Å²) >= 11 is 2.84. The average Bonchev–Trinajstić information content (AvgIpc) is 3.38. The zero-order chi connectivity index (χ0) is 21.8. The second kappa shape index (κ2) is 9.85. The molecule has 1 atom stereocenters. The Hall–Kier alpha value is -1.69. The van der Waals surface area contributed by atoms with E-state index in [1.165, 1.54) is 28.7 Å². The van der Waals surface area contributed by atoms with E-state index in [0.717, 1.165) is 29.5 Å². The number of carbonyl (C=O) groups is 1. The molecule has 2 saturated heterocycles. The van der Waals surface area contributed by atoms with Crippen LogP contribution in [0.1, 0.15) is 18.9 Å². The van der Waals surface area contributed by atoms with Crippen LogP contribution in [0.4, 0.5) is 10.8 Å². The van der Waals surface area contributed by atoms with Crippen molar-refractivity contribution in [1.29, 1.82) is 0 Å². The van der Waals surface area contributed by atoms with E-state index < -0.39 is 9.84 Å². The highest BCUT2D eigenvalue weighted by Crippen LogP contribution is 2.28. The van der Waals surface area contributed by atoms with E-state index in [4.69, 9.17) is 0 Å². The number of rotatable bonds is 7. The Labute approximate surface area is 191 Å². The van der Waals surface area contributed by atoms with E-state index in [2.05, 4.69) is 39.5 Å². The van der Waals surface area contributed by atoms with Crippen LogP contribution >= 0.6 is 23.1 Å². The molecule has 0 aliphatic carbocycles. The molecular formula is C20H27N5O3S3. The van der Waals surface area contributed by atoms with Gasteiger partial charge in [-0.25, -0.2) is 8.42 Å². The molecular weight excluding hydrogens is 454 g/mol. The van der Waals surface area contributed by atoms with Crippen molar-refractivity contribution in [1.82, 2.24) is 20.0 Å². The number of nitrogens with zero attached hydrogens (tertiary/aromatic N) is 4. The van der Waals surface area contributed by atoms with Gasteiger partial charge < -0.3 is 10.2 Å². The lowest BCUT2D eigenvalue weighted by Crippen LogP contribution is -2.52. The lowest BCUT2D eigenvalue weighted by Gasteiger charge is -2.37. The third-order valence-electron chi connectivity index (χ3n) is 5.73. The van der Waals surface area contributed by atoms with E-state index in [-0.39, 0.29) is 23.5 Å². The molecule has 3 heterocycles. The predicted molar refractivity (Wildman–Crippen MR) is 125 cm³/mol. The molecule has 168 valence electrons. The maximum atomic E-state index is 12.6. The number of amides is 1. The summed E-state index contributed by atoms with van der Waals surface area (Å²) in [4.78, 5) is 16.7. The largest absolute Gasteiger partial charge is 0.339 e. The Kier molecular flexibility index (Phi) is 7.15. The Bertz CT molecular complexity index is 1000. The Balaban J connectivity index is 1.21. The third kappa shape index (κ3) is 5.97. The van der Waals surface area contributed by atoms with E-state index in [1.54, 1.807) is 0 Å². The minimum Gasteiger partial charge on any atom is -0.339 e. The van der Waals surface area contributed by atoms with E-state index in [1.807, 2.05) is 17.0 Å². The SMILES string of the molecule is CCc1ccc(Nc2nnc(SCC(=O)N3CCN([C@H]4CCS(=O)(=O)C4)CC3)s2)cc1. The number of piperazine rings is 1. The highest BCUT2D eigenvalue weighted by Gasteiger charge is 2.34. The number of thioether (sulfide) groups is 1. The summed E-state index contributed by atoms with van der Waals surface area (Å²) in [5.74, 6) is 0.962. The van der Waals surface area contributed by atoms with Crippen LogP contribution in [0.5, 0.6) is 0 Å². The molecule has 2 aliphatic heterocycles. The van der Waals surface area contributed by atoms with Crippen molar-refractivity contribution in [2.24, 2.45) is 0 Å². The molecule has 1 aromatic carbocycles. The van der Waals surface area contributed by atoms with E-state index in [0.29, 0.717) is 30.4 Å². The van der Waals surface area contributed by atoms with E-state index in [9.17, 15) is 13.2 Å². The van der Waals surface area contributed by atoms with Crippen LogP contribution in [-0.4, -0.2) is 83.8 Å². The normalized spacial score (nSPS) is 21.3. The van der Waals surface area contributed by atoms with Crippen LogP contribution in [0, 0.1) is 0 Å². The summed E-state index contributed by atoms with van der Waals surface area (Å²) in [6.45, 7) is 4.89. The standard InChI is InChI=1S/C20H27N5O3S3/c1-2-15-3-5-16(6-4-15)21-19-22-23-20(30-19)29-13-18(26)25-10-8-24(9-11-25)17-7-12-31(27,28)14-17/h3-6,17H,2,7-14H2,1H3,(H,21,22)/t17-/m0/s1. The molecule has 2 fully saturated rings. The van der Waals surface area contributed by atoms with Gasteiger partial charge in [-0.15, -0.1) is 10.2 Å². The van der Waals surface area contributed by atoms with E-state index >= 15 is 0 Å². The van der Waals surface area contributed by atoms with Gasteiger partial charge in [0, 0.05) is 37.9 Å². The molecule has 1 aromatic heterocycles. The van der Waals surface area contributed by atoms with Crippen molar-refractivity contribution < 1.29 is 13.2 Å². The minimum absolute atomic E-state index is 0.0866. The summed E-state index contributed by atoms with van der Waals surface area (Å²) in [6.07, 6.45) is 1.72. The lowest BCUT2D eigenvalue weighted by atomic mass is 10.1. The average molecular weight is 482 g/mol. The first-order valence-electron chi connectivity index (χ1n) is 10.5. The van der Waals surface area contributed by atoms with Crippen molar-refractivity contribution in [3.63, 3.8) is 0 Å². The number of hydrogen-bond acceptors (Lipinski definition) is 9. The highest BCUT2D eigenvalue weighted by atomic mass is 32.2. The fraction of sp³-hybridized carbons (Fsp3) is 0.550. The number of benzene rings is 1. The molecule has 1 amide bonds. The Morgan fingerprint density at radius 3 is 2.58 bits per heavy atom. The van der Waals surface area contributed by atoms with Gasteiger partial charge in [-0.1, -0.05) is 42.2 Å². The number of carbonyl (C=O) groups excluding carboxylic acids is 1. The predicted octanol–water partition coefficient (Wildman–Crippen LogP) is 2.27. The second-order valence-corrected chi connectivity index (χ2v) is 12.2. The van der Waals surface area contributed by atoms with Gasteiger partial charge in [-0.2, -0.15) is 0 Å². The van der Waals surface area contributed by atoms with Gasteiger partial charge in [0.25, 0.3) is 0 Å². The molecule has 2 aliphatic rings. The van der Waals surface area contributed by atoms with Crippen LogP contribution in [-0.2, 0) is 21.1 Å². The van der Waals surface area contributed by atoms with Crippen molar-refractivity contribution in [3.05, 3.63) is 29.8 Å². The summed E-state index contributed by atoms with van der Waals surface area (Å²) in [5, 5.41) is 12.3. The molecule has 1 N–H and O–H groups in total. The molecule has 0 radical (unpaired) electrons. The molecule has 11 heteroatoms. The first-order valence-corrected chi connectivity index (χ1v) is 14.1. The number of anilines is 2. The van der Waals surface area contributed by atoms with Crippen molar-refractivity contribution in [2.75, 3.05) is 48.8 Å². The van der Waals surface area contributed by atoms with Gasteiger partial charge >= 0.3 is 0 Å². The first kappa shape index (κ1) is 22.5. The monoisotopic (exact) mass is 481 g/mol. The van der Waals surface area contributed by atoms with Crippen molar-refractivity contribution >= 4 is 49.7 Å². The molecule has 0 unspecified atom stereocenters. The summed E-state index contributed by atoms with van der Waals surface area (Å²) < 4.78 is 24.2. The Morgan fingerprint density at radius 1 is 1.19 bits per heavy atom. The minimum atomic E-state index is -2.88. The summed E-state index contributed by atoms with van der Waals surface area (Å²) in [7, 11) is -2.88. The van der Waals surface area contributed by atoms with Crippen LogP contribution in [0.15, 0.2) is 28.6 Å². The number of sulfone groups is 1. The molecule has 0 bridgehead atoms. The smallest absolute Gasteiger partial charge is 0.233 e. The van der Waals surface area contributed by atoms with Gasteiger partial charge in [-0.05, 0) is 30.5 Å². The van der Waals surface area contributed by atoms with Crippen LogP contribution < -0.4 is 5.32 Å². The topological polar surface area (TPSA) is 95.5 Å². The van der Waals surface area contributed by atoms with Crippen LogP contribution in [0.2, 0.25) is 0 Å². The van der Waals surface area contributed by atoms with Crippen molar-refractivity contribution in [2.45, 2.75) is 30.1 Å². The van der Waals surface area contributed by atoms with Crippen molar-refractivity contribution in [3.8, 4) is 0 Å². The first-order chi connectivity index (χ1) is 14.9. The molecule has 31 heavy (non-hydrogen) atoms. The third-order valence-corrected chi connectivity index (χ3v) is 9.44. The van der Waals surface area contributed by atoms with Gasteiger partial charge in [0.1, 0.15) is 0 Å². The summed E-state index contributed by atoms with van der Waals surface area (Å²) in [6, 6.07) is 8.34. The van der Waals surface area contributed by atoms with Gasteiger partial charge in [-0.3, -0.25) is 9.69 Å². The highest BCUT2D eigenvalue weighted by molar-refractivity contribution is 8.01. The van der Waals surface area contributed by atoms with Gasteiger partial charge in [0.05, 0.1) is 17.3 Å². The fourth-order valence-corrected chi connectivity index (χ4v) is 7.32. The van der Waals surface area contributed by atoms with Gasteiger partial charge in [0.2, 0.25) is 11.0 Å². The van der Waals surface area contributed by atoms with Gasteiger partial charge in [0.15, 0.2) is 14.2 Å². The second-order valence-electron chi connectivity index (χ2n) is 7.81. The Morgan fingerprint density at radius 2 is 1.94 bits per heavy atom. The maximum absolute atomic E-state index is 12.6. The number of aryl methyl sites for hydroxylation is 1. The molecule has 2 aromatic rings. The molecule has 0 spiro atoms. The fourth-order valence-electron chi connectivity index (χ4n) is 3.88. The number of hydrogen-bond donors (Lipinski definition) is 1. The number of nitrogens with one attached hydrogen (secondary N) is 1. The maximum Gasteiger partial charge on any atom is 0.233 e. The summed E-state index contributed by atoms with van der Waals surface area (Å²) in [5.41, 5.74) is 2.25. The van der Waals surface area contributed by atoms with Crippen LogP contribution in [0.3, 0.4) is 0 Å². The molecule has 8 nitrogen and oxygen atoms in total. The van der Waals surface area contributed by atoms with Crippen LogP contribution in [0.25, 0.3) is 0 Å². The zero-order valence-electron chi connectivity index (χ0n) is 17.5. The lowest BCUT2D eigenvalue weighted by molar-refractivity contribution is -0.130. The molecule has 0 saturated carbocycles.